The summed E-state index contributed by atoms with van der Waals surface area (Å²) in [6, 6.07) is 29.4. The highest BCUT2D eigenvalue weighted by atomic mass is 31.1. The molecule has 0 saturated heterocycles. The Morgan fingerprint density at radius 2 is 0.750 bits per heavy atom. The fourth-order valence-corrected chi connectivity index (χ4v) is 9.26. The lowest BCUT2D eigenvalue weighted by atomic mass is 10.1. The Bertz CT molecular complexity index is 1470. The first-order valence-electron chi connectivity index (χ1n) is 11.9. The van der Waals surface area contributed by atoms with Crippen molar-refractivity contribution >= 4 is 59.2 Å². The summed E-state index contributed by atoms with van der Waals surface area (Å²) in [6.07, 6.45) is 0. The fraction of sp³-hybridized carbons (Fsp3) is 0.133. The van der Waals surface area contributed by atoms with Crippen LogP contribution in [0, 0.1) is 27.7 Å². The SMILES string of the molecule is Cc1ccc(P(c2ccc(C)o2)c2cccc3cccc(P(c4ccc(C)o4)c4ccc(C)o4)c23)o1. The van der Waals surface area contributed by atoms with Crippen LogP contribution in [-0.2, 0) is 0 Å². The molecule has 6 aromatic rings. The van der Waals surface area contributed by atoms with Crippen molar-refractivity contribution in [1.82, 2.24) is 0 Å². The van der Waals surface area contributed by atoms with E-state index in [0.29, 0.717) is 0 Å². The van der Waals surface area contributed by atoms with E-state index in [1.165, 1.54) is 21.4 Å². The normalized spacial score (nSPS) is 11.8. The second kappa shape index (κ2) is 9.28. The molecule has 180 valence electrons. The highest BCUT2D eigenvalue weighted by molar-refractivity contribution is 7.81. The van der Waals surface area contributed by atoms with Crippen LogP contribution in [0.15, 0.2) is 103 Å². The zero-order valence-corrected chi connectivity index (χ0v) is 22.4. The van der Waals surface area contributed by atoms with Crippen molar-refractivity contribution in [2.75, 3.05) is 0 Å². The highest BCUT2D eigenvalue weighted by Crippen LogP contribution is 2.41. The average Bonchev–Trinajstić information content (AvgIpc) is 3.66. The van der Waals surface area contributed by atoms with Gasteiger partial charge in [0, 0.05) is 0 Å². The molecule has 0 atom stereocenters. The first-order chi connectivity index (χ1) is 17.5. The van der Waals surface area contributed by atoms with Gasteiger partial charge in [-0.15, -0.1) is 0 Å². The summed E-state index contributed by atoms with van der Waals surface area (Å²) in [6.45, 7) is 7.93. The molecule has 0 amide bonds. The first-order valence-corrected chi connectivity index (χ1v) is 14.5. The fourth-order valence-electron chi connectivity index (χ4n) is 4.53. The maximum atomic E-state index is 6.23. The molecule has 4 aromatic heterocycles. The van der Waals surface area contributed by atoms with Crippen LogP contribution in [0.1, 0.15) is 23.0 Å². The van der Waals surface area contributed by atoms with Gasteiger partial charge in [0.2, 0.25) is 0 Å². The molecule has 0 unspecified atom stereocenters. The minimum absolute atomic E-state index is 0.889. The number of benzene rings is 2. The molecule has 0 aliphatic rings. The van der Waals surface area contributed by atoms with Gasteiger partial charge in [-0.25, -0.2) is 0 Å². The van der Waals surface area contributed by atoms with Crippen LogP contribution < -0.4 is 32.6 Å². The van der Waals surface area contributed by atoms with Crippen LogP contribution >= 0.6 is 15.8 Å². The Labute approximate surface area is 212 Å². The number of fused-ring (bicyclic) bond motifs is 1. The smallest absolute Gasteiger partial charge is 0.138 e. The van der Waals surface area contributed by atoms with Crippen LogP contribution in [0.2, 0.25) is 0 Å². The largest absolute Gasteiger partial charge is 0.461 e. The van der Waals surface area contributed by atoms with Crippen LogP contribution in [0.4, 0.5) is 0 Å². The van der Waals surface area contributed by atoms with Gasteiger partial charge in [-0.05, 0) is 97.6 Å². The van der Waals surface area contributed by atoms with Crippen molar-refractivity contribution in [3.8, 4) is 0 Å². The second-order valence-corrected chi connectivity index (χ2v) is 12.9. The van der Waals surface area contributed by atoms with Crippen molar-refractivity contribution in [1.29, 1.82) is 0 Å². The van der Waals surface area contributed by atoms with E-state index >= 15 is 0 Å². The molecule has 0 saturated carbocycles. The molecule has 0 aliphatic heterocycles. The summed E-state index contributed by atoms with van der Waals surface area (Å²) in [7, 11) is -2.11. The Morgan fingerprint density at radius 1 is 0.417 bits per heavy atom. The molecule has 4 heterocycles. The molecule has 0 N–H and O–H groups in total. The zero-order valence-electron chi connectivity index (χ0n) is 20.6. The molecule has 0 radical (unpaired) electrons. The maximum Gasteiger partial charge on any atom is 0.138 e. The predicted molar refractivity (Wildman–Crippen MR) is 149 cm³/mol. The molecule has 4 nitrogen and oxygen atoms in total. The number of hydrogen-bond donors (Lipinski definition) is 0. The van der Waals surface area contributed by atoms with E-state index in [1.54, 1.807) is 0 Å². The molecule has 0 aliphatic carbocycles. The summed E-state index contributed by atoms with van der Waals surface area (Å²) >= 11 is 0. The molecule has 6 rings (SSSR count). The van der Waals surface area contributed by atoms with Gasteiger partial charge >= 0.3 is 0 Å². The third-order valence-corrected chi connectivity index (χ3v) is 10.6. The van der Waals surface area contributed by atoms with Gasteiger partial charge in [-0.3, -0.25) is 0 Å². The van der Waals surface area contributed by atoms with Gasteiger partial charge in [0.05, 0.1) is 15.8 Å². The summed E-state index contributed by atoms with van der Waals surface area (Å²) in [5.74, 6) is 3.56. The minimum atomic E-state index is -1.06. The minimum Gasteiger partial charge on any atom is -0.461 e. The van der Waals surface area contributed by atoms with Gasteiger partial charge in [0.25, 0.3) is 0 Å². The lowest BCUT2D eigenvalue weighted by molar-refractivity contribution is 0.558. The van der Waals surface area contributed by atoms with Crippen molar-refractivity contribution in [3.05, 3.63) is 108 Å². The molecule has 0 bridgehead atoms. The van der Waals surface area contributed by atoms with E-state index in [1.807, 2.05) is 52.0 Å². The lowest BCUT2D eigenvalue weighted by Gasteiger charge is -2.21. The molecule has 36 heavy (non-hydrogen) atoms. The van der Waals surface area contributed by atoms with Crippen LogP contribution in [0.5, 0.6) is 0 Å². The Kier molecular flexibility index (Phi) is 5.96. The zero-order chi connectivity index (χ0) is 24.8. The lowest BCUT2D eigenvalue weighted by Crippen LogP contribution is -2.26. The average molecular weight is 512 g/mol. The van der Waals surface area contributed by atoms with E-state index in [9.17, 15) is 0 Å². The predicted octanol–water partition coefficient (Wildman–Crippen LogP) is 5.96. The van der Waals surface area contributed by atoms with Gasteiger partial charge in [0.15, 0.2) is 0 Å². The van der Waals surface area contributed by atoms with Crippen LogP contribution in [0.25, 0.3) is 10.8 Å². The Morgan fingerprint density at radius 3 is 1.03 bits per heavy atom. The molecule has 0 spiro atoms. The summed E-state index contributed by atoms with van der Waals surface area (Å²) < 4.78 is 24.9. The molecule has 6 heteroatoms. The standard InChI is InChI=1S/C30H26O4P2/c1-19-11-15-26(31-19)35(27-16-12-20(2)32-27)24-9-5-7-23-8-6-10-25(30(23)24)36(28-17-13-21(3)33-28)29-18-14-22(4)34-29/h5-18H,1-4H3. The van der Waals surface area contributed by atoms with Crippen LogP contribution in [0.3, 0.4) is 0 Å². The van der Waals surface area contributed by atoms with E-state index < -0.39 is 15.8 Å². The summed E-state index contributed by atoms with van der Waals surface area (Å²) in [5, 5.41) is 4.76. The van der Waals surface area contributed by atoms with Gasteiger partial charge in [0.1, 0.15) is 45.0 Å². The van der Waals surface area contributed by atoms with Crippen LogP contribution in [-0.4, -0.2) is 0 Å². The molecular formula is C30H26O4P2. The molecule has 2 aromatic carbocycles. The third kappa shape index (κ3) is 4.15. The van der Waals surface area contributed by atoms with E-state index in [4.69, 9.17) is 17.7 Å². The van der Waals surface area contributed by atoms with E-state index in [2.05, 4.69) is 60.7 Å². The number of rotatable bonds is 6. The second-order valence-electron chi connectivity index (χ2n) is 8.86. The number of aryl methyl sites for hydroxylation is 4. The van der Waals surface area contributed by atoms with Gasteiger partial charge < -0.3 is 17.7 Å². The Balaban J connectivity index is 1.65. The third-order valence-electron chi connectivity index (χ3n) is 6.13. The van der Waals surface area contributed by atoms with E-state index in [-0.39, 0.29) is 0 Å². The summed E-state index contributed by atoms with van der Waals surface area (Å²) in [4.78, 5) is 0. The molecule has 0 fully saturated rings. The first kappa shape index (κ1) is 23.1. The van der Waals surface area contributed by atoms with Crippen molar-refractivity contribution in [2.24, 2.45) is 0 Å². The monoisotopic (exact) mass is 512 g/mol. The number of furan rings is 4. The van der Waals surface area contributed by atoms with Crippen molar-refractivity contribution in [3.63, 3.8) is 0 Å². The maximum absolute atomic E-state index is 6.23. The quantitative estimate of drug-likeness (QED) is 0.259. The topological polar surface area (TPSA) is 52.6 Å². The summed E-state index contributed by atoms with van der Waals surface area (Å²) in [5.41, 5.74) is 3.69. The van der Waals surface area contributed by atoms with E-state index in [0.717, 1.165) is 45.0 Å². The number of hydrogen-bond acceptors (Lipinski definition) is 4. The molecular weight excluding hydrogens is 486 g/mol. The highest BCUT2D eigenvalue weighted by Gasteiger charge is 2.30. The van der Waals surface area contributed by atoms with Gasteiger partial charge in [-0.2, -0.15) is 0 Å². The van der Waals surface area contributed by atoms with Crippen molar-refractivity contribution in [2.45, 2.75) is 27.7 Å². The van der Waals surface area contributed by atoms with Crippen molar-refractivity contribution < 1.29 is 17.7 Å². The Hall–Kier alpha value is -3.32. The van der Waals surface area contributed by atoms with Gasteiger partial charge in [-0.1, -0.05) is 36.4 Å².